The van der Waals surface area contributed by atoms with Gasteiger partial charge in [-0.3, -0.25) is 0 Å². The summed E-state index contributed by atoms with van der Waals surface area (Å²) in [6, 6.07) is 0. The highest BCUT2D eigenvalue weighted by Crippen LogP contribution is 2.39. The van der Waals surface area contributed by atoms with Crippen molar-refractivity contribution >= 4 is 11.9 Å². The number of esters is 2. The predicted molar refractivity (Wildman–Crippen MR) is 84.4 cm³/mol. The highest BCUT2D eigenvalue weighted by atomic mass is 16.6. The Bertz CT molecular complexity index is 468. The molecule has 0 aromatic rings. The average molecular weight is 326 g/mol. The Morgan fingerprint density at radius 3 is 2.22 bits per heavy atom. The first-order chi connectivity index (χ1) is 10.7. The zero-order valence-electron chi connectivity index (χ0n) is 14.0. The fourth-order valence-electron chi connectivity index (χ4n) is 2.21. The van der Waals surface area contributed by atoms with Gasteiger partial charge in [-0.25, -0.2) is 9.59 Å². The van der Waals surface area contributed by atoms with E-state index in [-0.39, 0.29) is 11.5 Å². The number of carbonyl (C=O) groups excluding carboxylic acids is 2. The molecule has 130 valence electrons. The normalized spacial score (nSPS) is 25.8. The van der Waals surface area contributed by atoms with E-state index in [1.165, 1.54) is 13.8 Å². The first kappa shape index (κ1) is 19.4. The molecule has 4 unspecified atom stereocenters. The third kappa shape index (κ3) is 7.43. The number of aliphatic hydroxyl groups is 1. The molecule has 1 saturated carbocycles. The molecule has 2 fully saturated rings. The molecule has 2 aliphatic rings. The molecule has 0 bridgehead atoms. The van der Waals surface area contributed by atoms with Gasteiger partial charge in [0, 0.05) is 11.1 Å². The fourth-order valence-corrected chi connectivity index (χ4v) is 2.21. The van der Waals surface area contributed by atoms with Gasteiger partial charge in [0.25, 0.3) is 0 Å². The zero-order chi connectivity index (χ0) is 17.6. The van der Waals surface area contributed by atoms with Crippen molar-refractivity contribution in [3.8, 4) is 0 Å². The summed E-state index contributed by atoms with van der Waals surface area (Å²) in [7, 11) is 0. The van der Waals surface area contributed by atoms with Crippen LogP contribution in [-0.2, 0) is 23.8 Å². The summed E-state index contributed by atoms with van der Waals surface area (Å²) in [5.41, 5.74) is 0.761. The standard InChI is InChI=1S/C11H16O3.C6H10O3/c1-7(2)11(12)13-6-8-3-4-9-10(5-8)14-9;1-4(2)6(8)9-5(3)7/h8-10H,1,3-6H2,2H3;5,7H,1H2,2-3H3. The van der Waals surface area contributed by atoms with E-state index in [9.17, 15) is 9.59 Å². The van der Waals surface area contributed by atoms with Crippen molar-refractivity contribution in [3.05, 3.63) is 24.3 Å². The summed E-state index contributed by atoms with van der Waals surface area (Å²) in [6.07, 6.45) is 3.22. The van der Waals surface area contributed by atoms with Gasteiger partial charge in [0.2, 0.25) is 0 Å². The third-order valence-corrected chi connectivity index (χ3v) is 3.54. The van der Waals surface area contributed by atoms with Gasteiger partial charge in [-0.2, -0.15) is 0 Å². The molecule has 1 aliphatic heterocycles. The summed E-state index contributed by atoms with van der Waals surface area (Å²) >= 11 is 0. The van der Waals surface area contributed by atoms with Crippen molar-refractivity contribution in [2.75, 3.05) is 6.61 Å². The van der Waals surface area contributed by atoms with Crippen LogP contribution in [0.25, 0.3) is 0 Å². The monoisotopic (exact) mass is 326 g/mol. The molecule has 1 aliphatic carbocycles. The van der Waals surface area contributed by atoms with Crippen molar-refractivity contribution < 1.29 is 28.9 Å². The molecule has 0 aromatic carbocycles. The zero-order valence-corrected chi connectivity index (χ0v) is 14.0. The molecule has 0 spiro atoms. The average Bonchev–Trinajstić information content (AvgIpc) is 3.22. The van der Waals surface area contributed by atoms with Crippen molar-refractivity contribution in [2.45, 2.75) is 58.5 Å². The lowest BCUT2D eigenvalue weighted by molar-refractivity contribution is -0.159. The number of carbonyl (C=O) groups is 2. The van der Waals surface area contributed by atoms with Gasteiger partial charge in [0.15, 0.2) is 6.29 Å². The summed E-state index contributed by atoms with van der Waals surface area (Å²) in [5.74, 6) is -0.351. The van der Waals surface area contributed by atoms with Crippen molar-refractivity contribution in [2.24, 2.45) is 5.92 Å². The molecule has 0 radical (unpaired) electrons. The third-order valence-electron chi connectivity index (χ3n) is 3.54. The van der Waals surface area contributed by atoms with E-state index in [4.69, 9.17) is 14.6 Å². The molecular formula is C17H26O6. The number of epoxide rings is 1. The van der Waals surface area contributed by atoms with Gasteiger partial charge in [-0.1, -0.05) is 13.2 Å². The lowest BCUT2D eigenvalue weighted by Gasteiger charge is -2.18. The van der Waals surface area contributed by atoms with Crippen LogP contribution in [0.3, 0.4) is 0 Å². The predicted octanol–water partition coefficient (Wildman–Crippen LogP) is 2.12. The van der Waals surface area contributed by atoms with Crippen LogP contribution < -0.4 is 0 Å². The largest absolute Gasteiger partial charge is 0.462 e. The summed E-state index contributed by atoms with van der Waals surface area (Å²) in [6.45, 7) is 11.9. The maximum absolute atomic E-state index is 11.1. The van der Waals surface area contributed by atoms with E-state index in [1.54, 1.807) is 6.92 Å². The van der Waals surface area contributed by atoms with Gasteiger partial charge >= 0.3 is 11.9 Å². The van der Waals surface area contributed by atoms with E-state index in [0.717, 1.165) is 19.3 Å². The molecule has 6 nitrogen and oxygen atoms in total. The van der Waals surface area contributed by atoms with Gasteiger partial charge in [0.05, 0.1) is 18.8 Å². The second kappa shape index (κ2) is 8.84. The Labute approximate surface area is 137 Å². The van der Waals surface area contributed by atoms with E-state index >= 15 is 0 Å². The van der Waals surface area contributed by atoms with E-state index in [1.807, 2.05) is 0 Å². The maximum atomic E-state index is 11.1. The van der Waals surface area contributed by atoms with Gasteiger partial charge < -0.3 is 19.3 Å². The second-order valence-corrected chi connectivity index (χ2v) is 6.06. The fraction of sp³-hybridized carbons (Fsp3) is 0.647. The topological polar surface area (TPSA) is 85.4 Å². The number of hydrogen-bond acceptors (Lipinski definition) is 6. The quantitative estimate of drug-likeness (QED) is 0.360. The lowest BCUT2D eigenvalue weighted by atomic mass is 9.90. The molecule has 0 aromatic heterocycles. The Morgan fingerprint density at radius 1 is 1.17 bits per heavy atom. The number of fused-ring (bicyclic) bond motifs is 1. The van der Waals surface area contributed by atoms with E-state index in [0.29, 0.717) is 30.3 Å². The summed E-state index contributed by atoms with van der Waals surface area (Å²) < 4.78 is 14.8. The van der Waals surface area contributed by atoms with Crippen molar-refractivity contribution in [1.82, 2.24) is 0 Å². The molecule has 0 amide bonds. The van der Waals surface area contributed by atoms with Crippen LogP contribution in [0.4, 0.5) is 0 Å². The Morgan fingerprint density at radius 2 is 1.78 bits per heavy atom. The van der Waals surface area contributed by atoms with Crippen LogP contribution in [-0.4, -0.2) is 42.1 Å². The molecule has 6 heteroatoms. The molecule has 1 heterocycles. The minimum atomic E-state index is -1.05. The summed E-state index contributed by atoms with van der Waals surface area (Å²) in [5, 5.41) is 8.49. The van der Waals surface area contributed by atoms with Crippen LogP contribution >= 0.6 is 0 Å². The Kier molecular flexibility index (Phi) is 7.45. The van der Waals surface area contributed by atoms with Crippen LogP contribution in [0, 0.1) is 5.92 Å². The highest BCUT2D eigenvalue weighted by Gasteiger charge is 2.43. The maximum Gasteiger partial charge on any atom is 0.335 e. The minimum absolute atomic E-state index is 0.274. The smallest absolute Gasteiger partial charge is 0.335 e. The van der Waals surface area contributed by atoms with Gasteiger partial charge in [-0.05, 0) is 46.0 Å². The van der Waals surface area contributed by atoms with Crippen LogP contribution in [0.5, 0.6) is 0 Å². The summed E-state index contributed by atoms with van der Waals surface area (Å²) in [4.78, 5) is 21.6. The number of rotatable bonds is 5. The number of ether oxygens (including phenoxy) is 3. The van der Waals surface area contributed by atoms with Crippen LogP contribution in [0.2, 0.25) is 0 Å². The van der Waals surface area contributed by atoms with Crippen molar-refractivity contribution in [1.29, 1.82) is 0 Å². The first-order valence-corrected chi connectivity index (χ1v) is 7.73. The SMILES string of the molecule is C=C(C)C(=O)OC(C)O.C=C(C)C(=O)OCC1CCC2OC2C1. The molecule has 1 saturated heterocycles. The van der Waals surface area contributed by atoms with Gasteiger partial charge in [-0.15, -0.1) is 0 Å². The van der Waals surface area contributed by atoms with Crippen molar-refractivity contribution in [3.63, 3.8) is 0 Å². The van der Waals surface area contributed by atoms with E-state index < -0.39 is 12.3 Å². The van der Waals surface area contributed by atoms with Gasteiger partial charge in [0.1, 0.15) is 0 Å². The van der Waals surface area contributed by atoms with Crippen LogP contribution in [0.1, 0.15) is 40.0 Å². The first-order valence-electron chi connectivity index (χ1n) is 7.73. The minimum Gasteiger partial charge on any atom is -0.462 e. The molecule has 2 rings (SSSR count). The van der Waals surface area contributed by atoms with Crippen LogP contribution in [0.15, 0.2) is 24.3 Å². The Balaban J connectivity index is 0.000000257. The van der Waals surface area contributed by atoms with E-state index in [2.05, 4.69) is 17.9 Å². The molecular weight excluding hydrogens is 300 g/mol. The molecule has 4 atom stereocenters. The number of hydrogen-bond donors (Lipinski definition) is 1. The highest BCUT2D eigenvalue weighted by molar-refractivity contribution is 5.87. The second-order valence-electron chi connectivity index (χ2n) is 6.06. The molecule has 1 N–H and O–H groups in total. The lowest BCUT2D eigenvalue weighted by Crippen LogP contribution is -2.20. The Hall–Kier alpha value is -1.66. The number of aliphatic hydroxyl groups excluding tert-OH is 1. The molecule has 23 heavy (non-hydrogen) atoms.